The molecule has 2 rings (SSSR count). The first-order chi connectivity index (χ1) is 6.77. The third-order valence-electron chi connectivity index (χ3n) is 2.63. The molecule has 2 nitrogen and oxygen atoms in total. The van der Waals surface area contributed by atoms with E-state index in [1.54, 1.807) is 6.07 Å². The molecule has 15 heavy (non-hydrogen) atoms. The summed E-state index contributed by atoms with van der Waals surface area (Å²) < 4.78 is 12.9. The maximum atomic E-state index is 12.9. The number of aliphatic hydroxyl groups is 1. The fourth-order valence-corrected chi connectivity index (χ4v) is 1.91. The SMILES string of the molecule is Cl.OC1CCCNC1c1cccc(F)c1. The molecule has 0 aromatic heterocycles. The molecule has 0 amide bonds. The zero-order valence-corrected chi connectivity index (χ0v) is 9.14. The highest BCUT2D eigenvalue weighted by molar-refractivity contribution is 5.85. The largest absolute Gasteiger partial charge is 0.391 e. The Balaban J connectivity index is 0.00000112. The number of hydrogen-bond donors (Lipinski definition) is 2. The monoisotopic (exact) mass is 231 g/mol. The van der Waals surface area contributed by atoms with Gasteiger partial charge in [0.25, 0.3) is 0 Å². The van der Waals surface area contributed by atoms with Crippen molar-refractivity contribution in [3.05, 3.63) is 35.6 Å². The summed E-state index contributed by atoms with van der Waals surface area (Å²) in [5.74, 6) is -0.248. The van der Waals surface area contributed by atoms with Gasteiger partial charge in [-0.3, -0.25) is 0 Å². The molecule has 2 N–H and O–H groups in total. The van der Waals surface area contributed by atoms with Crippen LogP contribution in [0.25, 0.3) is 0 Å². The van der Waals surface area contributed by atoms with Gasteiger partial charge < -0.3 is 10.4 Å². The maximum absolute atomic E-state index is 12.9. The summed E-state index contributed by atoms with van der Waals surface area (Å²) in [6, 6.07) is 6.30. The Hall–Kier alpha value is -0.640. The van der Waals surface area contributed by atoms with Crippen LogP contribution in [-0.2, 0) is 0 Å². The molecule has 1 saturated heterocycles. The average molecular weight is 232 g/mol. The molecular formula is C11H15ClFNO. The number of halogens is 2. The molecule has 1 aliphatic rings. The fraction of sp³-hybridized carbons (Fsp3) is 0.455. The molecule has 0 saturated carbocycles. The first kappa shape index (κ1) is 12.4. The van der Waals surface area contributed by atoms with E-state index in [9.17, 15) is 9.50 Å². The van der Waals surface area contributed by atoms with Gasteiger partial charge in [0, 0.05) is 0 Å². The first-order valence-corrected chi connectivity index (χ1v) is 4.94. The van der Waals surface area contributed by atoms with Gasteiger partial charge in [-0.05, 0) is 37.1 Å². The van der Waals surface area contributed by atoms with Gasteiger partial charge in [0.05, 0.1) is 12.1 Å². The Morgan fingerprint density at radius 3 is 2.87 bits per heavy atom. The normalized spacial score (nSPS) is 25.7. The summed E-state index contributed by atoms with van der Waals surface area (Å²) >= 11 is 0. The molecule has 1 aromatic rings. The van der Waals surface area contributed by atoms with Crippen LogP contribution in [0.3, 0.4) is 0 Å². The number of nitrogens with one attached hydrogen (secondary N) is 1. The van der Waals surface area contributed by atoms with Gasteiger partial charge in [-0.15, -0.1) is 12.4 Å². The first-order valence-electron chi connectivity index (χ1n) is 4.94. The van der Waals surface area contributed by atoms with E-state index < -0.39 is 6.10 Å². The molecule has 0 spiro atoms. The quantitative estimate of drug-likeness (QED) is 0.775. The van der Waals surface area contributed by atoms with E-state index in [-0.39, 0.29) is 24.3 Å². The molecule has 2 unspecified atom stereocenters. The molecule has 84 valence electrons. The number of piperidine rings is 1. The zero-order valence-electron chi connectivity index (χ0n) is 8.32. The molecule has 0 bridgehead atoms. The number of rotatable bonds is 1. The Bertz CT molecular complexity index is 321. The van der Waals surface area contributed by atoms with Gasteiger partial charge in [0.15, 0.2) is 0 Å². The highest BCUT2D eigenvalue weighted by Gasteiger charge is 2.23. The third kappa shape index (κ3) is 2.91. The van der Waals surface area contributed by atoms with Crippen molar-refractivity contribution in [2.24, 2.45) is 0 Å². The molecule has 1 heterocycles. The second kappa shape index (κ2) is 5.45. The van der Waals surface area contributed by atoms with Crippen molar-refractivity contribution in [2.45, 2.75) is 25.0 Å². The van der Waals surface area contributed by atoms with Gasteiger partial charge in [-0.1, -0.05) is 12.1 Å². The van der Waals surface area contributed by atoms with Crippen LogP contribution >= 0.6 is 12.4 Å². The number of aliphatic hydroxyl groups excluding tert-OH is 1. The minimum absolute atomic E-state index is 0. The van der Waals surface area contributed by atoms with Crippen LogP contribution in [0.1, 0.15) is 24.4 Å². The lowest BCUT2D eigenvalue weighted by Gasteiger charge is -2.29. The van der Waals surface area contributed by atoms with Crippen LogP contribution < -0.4 is 5.32 Å². The summed E-state index contributed by atoms with van der Waals surface area (Å²) in [4.78, 5) is 0. The predicted molar refractivity (Wildman–Crippen MR) is 59.6 cm³/mol. The second-order valence-electron chi connectivity index (χ2n) is 3.70. The van der Waals surface area contributed by atoms with E-state index in [2.05, 4.69) is 5.32 Å². The third-order valence-corrected chi connectivity index (χ3v) is 2.63. The highest BCUT2D eigenvalue weighted by Crippen LogP contribution is 2.23. The van der Waals surface area contributed by atoms with Crippen molar-refractivity contribution in [3.8, 4) is 0 Å². The highest BCUT2D eigenvalue weighted by atomic mass is 35.5. The fourth-order valence-electron chi connectivity index (χ4n) is 1.91. The van der Waals surface area contributed by atoms with Crippen LogP contribution in [-0.4, -0.2) is 17.8 Å². The summed E-state index contributed by atoms with van der Waals surface area (Å²) in [5, 5.41) is 12.9. The van der Waals surface area contributed by atoms with Crippen LogP contribution in [0.15, 0.2) is 24.3 Å². The van der Waals surface area contributed by atoms with Gasteiger partial charge in [-0.25, -0.2) is 4.39 Å². The van der Waals surface area contributed by atoms with Crippen molar-refractivity contribution in [1.29, 1.82) is 0 Å². The van der Waals surface area contributed by atoms with Crippen LogP contribution in [0.5, 0.6) is 0 Å². The standard InChI is InChI=1S/C11H14FNO.ClH/c12-9-4-1-3-8(7-9)11-10(14)5-2-6-13-11;/h1,3-4,7,10-11,13-14H,2,5-6H2;1H. The summed E-state index contributed by atoms with van der Waals surface area (Å²) in [7, 11) is 0. The topological polar surface area (TPSA) is 32.3 Å². The summed E-state index contributed by atoms with van der Waals surface area (Å²) in [6.45, 7) is 0.887. The molecule has 1 aliphatic heterocycles. The molecule has 0 radical (unpaired) electrons. The molecule has 0 aliphatic carbocycles. The average Bonchev–Trinajstić information content (AvgIpc) is 2.18. The summed E-state index contributed by atoms with van der Waals surface area (Å²) in [6.07, 6.45) is 1.37. The molecule has 1 fully saturated rings. The molecule has 1 aromatic carbocycles. The van der Waals surface area contributed by atoms with Crippen LogP contribution in [0.2, 0.25) is 0 Å². The Kier molecular flexibility index (Phi) is 4.51. The van der Waals surface area contributed by atoms with Crippen LogP contribution in [0.4, 0.5) is 4.39 Å². The minimum Gasteiger partial charge on any atom is -0.391 e. The van der Waals surface area contributed by atoms with Crippen LogP contribution in [0, 0.1) is 5.82 Å². The van der Waals surface area contributed by atoms with E-state index in [1.807, 2.05) is 6.07 Å². The minimum atomic E-state index is -0.398. The lowest BCUT2D eigenvalue weighted by Crippen LogP contribution is -2.37. The molecule has 2 atom stereocenters. The van der Waals surface area contributed by atoms with Crippen molar-refractivity contribution >= 4 is 12.4 Å². The number of benzene rings is 1. The van der Waals surface area contributed by atoms with Crippen molar-refractivity contribution < 1.29 is 9.50 Å². The van der Waals surface area contributed by atoms with Crippen molar-refractivity contribution in [2.75, 3.05) is 6.54 Å². The summed E-state index contributed by atoms with van der Waals surface area (Å²) in [5.41, 5.74) is 0.831. The van der Waals surface area contributed by atoms with Gasteiger partial charge in [0.2, 0.25) is 0 Å². The van der Waals surface area contributed by atoms with Crippen molar-refractivity contribution in [1.82, 2.24) is 5.32 Å². The number of hydrogen-bond acceptors (Lipinski definition) is 2. The maximum Gasteiger partial charge on any atom is 0.123 e. The zero-order chi connectivity index (χ0) is 9.97. The van der Waals surface area contributed by atoms with Gasteiger partial charge in [0.1, 0.15) is 5.82 Å². The van der Waals surface area contributed by atoms with E-state index >= 15 is 0 Å². The van der Waals surface area contributed by atoms with E-state index in [4.69, 9.17) is 0 Å². The Labute approximate surface area is 94.9 Å². The van der Waals surface area contributed by atoms with E-state index in [0.29, 0.717) is 0 Å². The smallest absolute Gasteiger partial charge is 0.123 e. The Morgan fingerprint density at radius 2 is 2.20 bits per heavy atom. The van der Waals surface area contributed by atoms with E-state index in [0.717, 1.165) is 24.9 Å². The van der Waals surface area contributed by atoms with Gasteiger partial charge >= 0.3 is 0 Å². The molecular weight excluding hydrogens is 217 g/mol. The van der Waals surface area contributed by atoms with Gasteiger partial charge in [-0.2, -0.15) is 0 Å². The van der Waals surface area contributed by atoms with Crippen molar-refractivity contribution in [3.63, 3.8) is 0 Å². The lowest BCUT2D eigenvalue weighted by molar-refractivity contribution is 0.0964. The predicted octanol–water partition coefficient (Wildman–Crippen LogP) is 2.03. The molecule has 4 heteroatoms. The van der Waals surface area contributed by atoms with E-state index in [1.165, 1.54) is 12.1 Å². The Morgan fingerprint density at radius 1 is 1.40 bits per heavy atom. The second-order valence-corrected chi connectivity index (χ2v) is 3.70. The lowest BCUT2D eigenvalue weighted by atomic mass is 9.95.